The van der Waals surface area contributed by atoms with Gasteiger partial charge in [0.25, 0.3) is 0 Å². The number of ether oxygens (including phenoxy) is 1. The number of hydrogen-bond donors (Lipinski definition) is 2. The summed E-state index contributed by atoms with van der Waals surface area (Å²) in [5.74, 6) is 1.42. The van der Waals surface area contributed by atoms with E-state index < -0.39 is 0 Å². The number of carbonyl (C=O) groups excluding carboxylic acids is 1. The van der Waals surface area contributed by atoms with Crippen LogP contribution in [0.25, 0.3) is 0 Å². The predicted molar refractivity (Wildman–Crippen MR) is 114 cm³/mol. The van der Waals surface area contributed by atoms with Crippen molar-refractivity contribution in [2.24, 2.45) is 5.10 Å². The lowest BCUT2D eigenvalue weighted by molar-refractivity contribution is -0.114. The van der Waals surface area contributed by atoms with E-state index in [1.807, 2.05) is 50.2 Å². The quantitative estimate of drug-likeness (QED) is 0.558. The van der Waals surface area contributed by atoms with Crippen LogP contribution in [0, 0.1) is 0 Å². The Morgan fingerprint density at radius 1 is 1.10 bits per heavy atom. The topological polar surface area (TPSA) is 108 Å². The van der Waals surface area contributed by atoms with Crippen molar-refractivity contribution < 1.29 is 9.53 Å². The van der Waals surface area contributed by atoms with Crippen molar-refractivity contribution in [3.63, 3.8) is 0 Å². The van der Waals surface area contributed by atoms with Gasteiger partial charge in [0.2, 0.25) is 23.8 Å². The van der Waals surface area contributed by atoms with Crippen molar-refractivity contribution in [1.29, 1.82) is 0 Å². The zero-order valence-corrected chi connectivity index (χ0v) is 17.1. The van der Waals surface area contributed by atoms with Crippen LogP contribution in [0.15, 0.2) is 29.4 Å². The third kappa shape index (κ3) is 5.61. The molecule has 0 unspecified atom stereocenters. The molecule has 10 nitrogen and oxygen atoms in total. The zero-order valence-electron chi connectivity index (χ0n) is 17.1. The van der Waals surface area contributed by atoms with Crippen LogP contribution in [0.5, 0.6) is 0 Å². The van der Waals surface area contributed by atoms with E-state index in [4.69, 9.17) is 4.74 Å². The first-order chi connectivity index (χ1) is 13.9. The highest BCUT2D eigenvalue weighted by atomic mass is 16.5. The fourth-order valence-corrected chi connectivity index (χ4v) is 2.71. The minimum Gasteiger partial charge on any atom is -0.378 e. The average molecular weight is 398 g/mol. The van der Waals surface area contributed by atoms with Gasteiger partial charge in [-0.3, -0.25) is 4.79 Å². The molecule has 0 radical (unpaired) electrons. The van der Waals surface area contributed by atoms with E-state index in [2.05, 4.69) is 35.7 Å². The Labute approximate surface area is 170 Å². The maximum atomic E-state index is 11.1. The van der Waals surface area contributed by atoms with Gasteiger partial charge in [0.1, 0.15) is 0 Å². The Morgan fingerprint density at radius 2 is 1.79 bits per heavy atom. The largest absolute Gasteiger partial charge is 0.378 e. The van der Waals surface area contributed by atoms with Gasteiger partial charge in [0.05, 0.1) is 18.9 Å². The van der Waals surface area contributed by atoms with Crippen molar-refractivity contribution in [3.8, 4) is 0 Å². The van der Waals surface area contributed by atoms with Crippen molar-refractivity contribution in [2.75, 3.05) is 60.9 Å². The van der Waals surface area contributed by atoms with E-state index >= 15 is 0 Å². The number of rotatable bonds is 6. The molecular weight excluding hydrogens is 372 g/mol. The third-order valence-electron chi connectivity index (χ3n) is 4.25. The number of anilines is 4. The molecule has 1 aliphatic rings. The second-order valence-corrected chi connectivity index (χ2v) is 6.82. The molecule has 1 fully saturated rings. The molecule has 29 heavy (non-hydrogen) atoms. The molecular formula is C19H26N8O2. The molecule has 2 N–H and O–H groups in total. The maximum absolute atomic E-state index is 11.1. The van der Waals surface area contributed by atoms with Gasteiger partial charge in [0.15, 0.2) is 0 Å². The highest BCUT2D eigenvalue weighted by Crippen LogP contribution is 2.17. The lowest BCUT2D eigenvalue weighted by Gasteiger charge is -2.27. The lowest BCUT2D eigenvalue weighted by Crippen LogP contribution is -2.37. The molecule has 3 rings (SSSR count). The smallest absolute Gasteiger partial charge is 0.250 e. The minimum absolute atomic E-state index is 0.104. The lowest BCUT2D eigenvalue weighted by atomic mass is 10.1. The second-order valence-electron chi connectivity index (χ2n) is 6.82. The van der Waals surface area contributed by atoms with Gasteiger partial charge in [-0.05, 0) is 24.6 Å². The van der Waals surface area contributed by atoms with Crippen LogP contribution in [-0.2, 0) is 9.53 Å². The van der Waals surface area contributed by atoms with Gasteiger partial charge >= 0.3 is 0 Å². The fourth-order valence-electron chi connectivity index (χ4n) is 2.71. The molecule has 0 atom stereocenters. The van der Waals surface area contributed by atoms with E-state index in [-0.39, 0.29) is 5.91 Å². The normalized spacial score (nSPS) is 14.5. The predicted octanol–water partition coefficient (Wildman–Crippen LogP) is 1.57. The molecule has 1 aliphatic heterocycles. The highest BCUT2D eigenvalue weighted by Gasteiger charge is 2.17. The minimum atomic E-state index is -0.104. The summed E-state index contributed by atoms with van der Waals surface area (Å²) in [4.78, 5) is 28.5. The van der Waals surface area contributed by atoms with Crippen LogP contribution >= 0.6 is 0 Å². The molecule has 2 heterocycles. The molecule has 1 aromatic carbocycles. The second kappa shape index (κ2) is 9.28. The van der Waals surface area contributed by atoms with Crippen molar-refractivity contribution in [1.82, 2.24) is 15.0 Å². The molecule has 1 saturated heterocycles. The van der Waals surface area contributed by atoms with Gasteiger partial charge in [-0.25, -0.2) is 5.43 Å². The van der Waals surface area contributed by atoms with E-state index in [9.17, 15) is 4.79 Å². The summed E-state index contributed by atoms with van der Waals surface area (Å²) in [6, 6.07) is 7.45. The number of carbonyl (C=O) groups is 1. The van der Waals surface area contributed by atoms with Crippen LogP contribution in [-0.4, -0.2) is 67.0 Å². The number of morpholine rings is 1. The number of amides is 1. The number of aromatic nitrogens is 3. The first-order valence-corrected chi connectivity index (χ1v) is 9.37. The Morgan fingerprint density at radius 3 is 2.41 bits per heavy atom. The number of nitrogens with one attached hydrogen (secondary N) is 2. The number of hydrogen-bond acceptors (Lipinski definition) is 9. The van der Waals surface area contributed by atoms with Crippen LogP contribution in [0.4, 0.5) is 23.5 Å². The number of nitrogens with zero attached hydrogens (tertiary/aromatic N) is 6. The van der Waals surface area contributed by atoms with Crippen LogP contribution in [0.1, 0.15) is 19.4 Å². The van der Waals surface area contributed by atoms with Crippen molar-refractivity contribution in [3.05, 3.63) is 29.8 Å². The van der Waals surface area contributed by atoms with Crippen molar-refractivity contribution >= 4 is 35.2 Å². The molecule has 0 saturated carbocycles. The summed E-state index contributed by atoms with van der Waals surface area (Å²) in [6.45, 7) is 6.14. The van der Waals surface area contributed by atoms with Gasteiger partial charge in [-0.15, -0.1) is 0 Å². The van der Waals surface area contributed by atoms with Gasteiger partial charge in [-0.2, -0.15) is 20.1 Å². The Bertz CT molecular complexity index is 876. The molecule has 154 valence electrons. The zero-order chi connectivity index (χ0) is 20.8. The van der Waals surface area contributed by atoms with E-state index in [0.717, 1.165) is 30.1 Å². The van der Waals surface area contributed by atoms with Gasteiger partial charge < -0.3 is 19.9 Å². The molecule has 10 heteroatoms. The summed E-state index contributed by atoms with van der Waals surface area (Å²) < 4.78 is 5.40. The summed E-state index contributed by atoms with van der Waals surface area (Å²) in [6.07, 6.45) is 0. The molecule has 0 aliphatic carbocycles. The van der Waals surface area contributed by atoms with E-state index in [1.165, 1.54) is 6.92 Å². The standard InChI is InChI=1S/C19H26N8O2/c1-13(15-5-7-16(8-6-15)20-14(2)28)24-25-17-21-18(26(3)4)23-19(22-17)27-9-11-29-12-10-27/h5-8H,9-12H2,1-4H3,(H,20,28)(H,21,22,23,25). The molecule has 1 amide bonds. The molecule has 2 aromatic rings. The summed E-state index contributed by atoms with van der Waals surface area (Å²) in [5.41, 5.74) is 5.36. The van der Waals surface area contributed by atoms with Crippen LogP contribution in [0.2, 0.25) is 0 Å². The number of benzene rings is 1. The highest BCUT2D eigenvalue weighted by molar-refractivity contribution is 5.99. The average Bonchev–Trinajstić information content (AvgIpc) is 2.72. The molecule has 1 aromatic heterocycles. The summed E-state index contributed by atoms with van der Waals surface area (Å²) in [7, 11) is 3.76. The van der Waals surface area contributed by atoms with Gasteiger partial charge in [-0.1, -0.05) is 12.1 Å². The molecule has 0 spiro atoms. The SMILES string of the molecule is CC(=O)Nc1ccc(C(C)=NNc2nc(N(C)C)nc(N3CCOCC3)n2)cc1. The summed E-state index contributed by atoms with van der Waals surface area (Å²) >= 11 is 0. The third-order valence-corrected chi connectivity index (χ3v) is 4.25. The molecule has 0 bridgehead atoms. The van der Waals surface area contributed by atoms with Gasteiger partial charge in [0, 0.05) is 39.8 Å². The van der Waals surface area contributed by atoms with Crippen molar-refractivity contribution in [2.45, 2.75) is 13.8 Å². The first kappa shape index (κ1) is 20.5. The fraction of sp³-hybridized carbons (Fsp3) is 0.421. The Balaban J connectivity index is 1.77. The summed E-state index contributed by atoms with van der Waals surface area (Å²) in [5, 5.41) is 7.15. The first-order valence-electron chi connectivity index (χ1n) is 9.37. The number of hydrazone groups is 1. The Kier molecular flexibility index (Phi) is 6.55. The monoisotopic (exact) mass is 398 g/mol. The van der Waals surface area contributed by atoms with E-state index in [0.29, 0.717) is 31.1 Å². The van der Waals surface area contributed by atoms with Crippen LogP contribution < -0.4 is 20.5 Å². The van der Waals surface area contributed by atoms with E-state index in [1.54, 1.807) is 0 Å². The maximum Gasteiger partial charge on any atom is 0.250 e. The Hall–Kier alpha value is -3.27. The van der Waals surface area contributed by atoms with Crippen LogP contribution in [0.3, 0.4) is 0 Å².